The lowest BCUT2D eigenvalue weighted by molar-refractivity contribution is 1.07. The number of rotatable bonds is 6. The number of pyridine rings is 1. The van der Waals surface area contributed by atoms with Gasteiger partial charge in [-0.15, -0.1) is 0 Å². The molecule has 11 rings (SSSR count). The predicted octanol–water partition coefficient (Wildman–Crippen LogP) is 13.0. The van der Waals surface area contributed by atoms with Gasteiger partial charge in [-0.2, -0.15) is 0 Å². The van der Waals surface area contributed by atoms with E-state index in [1.807, 2.05) is 60.7 Å². The van der Waals surface area contributed by atoms with Crippen molar-refractivity contribution in [2.45, 2.75) is 0 Å². The minimum atomic E-state index is 0.626. The first-order valence-corrected chi connectivity index (χ1v) is 19.1. The van der Waals surface area contributed by atoms with Gasteiger partial charge in [-0.1, -0.05) is 152 Å². The fourth-order valence-corrected chi connectivity index (χ4v) is 8.09. The molecule has 0 aliphatic heterocycles. The zero-order valence-electron chi connectivity index (χ0n) is 30.8. The van der Waals surface area contributed by atoms with Crippen molar-refractivity contribution in [3.05, 3.63) is 200 Å². The Morgan fingerprint density at radius 2 is 0.825 bits per heavy atom. The smallest absolute Gasteiger partial charge is 0.164 e. The van der Waals surface area contributed by atoms with Crippen LogP contribution in [0.4, 0.5) is 0 Å². The summed E-state index contributed by atoms with van der Waals surface area (Å²) in [4.78, 5) is 20.3. The Kier molecular flexibility index (Phi) is 7.74. The molecule has 57 heavy (non-hydrogen) atoms. The molecule has 0 saturated heterocycles. The van der Waals surface area contributed by atoms with Crippen LogP contribution in [-0.4, -0.2) is 24.5 Å². The highest BCUT2D eigenvalue weighted by Gasteiger charge is 2.19. The van der Waals surface area contributed by atoms with E-state index in [1.165, 1.54) is 16.3 Å². The van der Waals surface area contributed by atoms with Gasteiger partial charge < -0.3 is 4.57 Å². The van der Waals surface area contributed by atoms with Crippen molar-refractivity contribution in [3.63, 3.8) is 0 Å². The van der Waals surface area contributed by atoms with E-state index < -0.39 is 0 Å². The van der Waals surface area contributed by atoms with Gasteiger partial charge in [0.2, 0.25) is 0 Å². The van der Waals surface area contributed by atoms with Crippen molar-refractivity contribution >= 4 is 43.5 Å². The molecule has 0 saturated carbocycles. The summed E-state index contributed by atoms with van der Waals surface area (Å²) in [6, 6.07) is 69.9. The van der Waals surface area contributed by atoms with Gasteiger partial charge in [0.25, 0.3) is 0 Å². The average Bonchev–Trinajstić information content (AvgIpc) is 3.62. The van der Waals surface area contributed by atoms with Gasteiger partial charge in [0.15, 0.2) is 17.5 Å². The topological polar surface area (TPSA) is 56.5 Å². The fourth-order valence-electron chi connectivity index (χ4n) is 8.09. The monoisotopic (exact) mass is 727 g/mol. The van der Waals surface area contributed by atoms with Gasteiger partial charge in [-0.25, -0.2) is 19.9 Å². The highest BCUT2D eigenvalue weighted by Crippen LogP contribution is 2.41. The van der Waals surface area contributed by atoms with E-state index in [9.17, 15) is 0 Å². The molecule has 0 aliphatic carbocycles. The number of hydrogen-bond acceptors (Lipinski definition) is 4. The Balaban J connectivity index is 1.12. The Bertz CT molecular complexity index is 3210. The van der Waals surface area contributed by atoms with Gasteiger partial charge >= 0.3 is 0 Å². The SMILES string of the molecule is c1ccc(-c2nc(-c3ccccc3)nc(-c3cccc(-c4ccc5nc(-c6ccccc6)c6cc7c8ccccc8n(-c8ccccc8)c7cc6c5c4)c3)n2)cc1. The molecule has 11 aromatic rings. The zero-order chi connectivity index (χ0) is 37.7. The molecule has 0 unspecified atom stereocenters. The summed E-state index contributed by atoms with van der Waals surface area (Å²) < 4.78 is 2.38. The maximum Gasteiger partial charge on any atom is 0.164 e. The highest BCUT2D eigenvalue weighted by atomic mass is 15.0. The summed E-state index contributed by atoms with van der Waals surface area (Å²) in [7, 11) is 0. The Labute approximate surface area is 329 Å². The van der Waals surface area contributed by atoms with Crippen LogP contribution in [0.1, 0.15) is 0 Å². The molecule has 5 heteroatoms. The largest absolute Gasteiger partial charge is 0.309 e. The maximum absolute atomic E-state index is 5.37. The molecule has 0 amide bonds. The normalized spacial score (nSPS) is 11.5. The molecule has 0 fully saturated rings. The molecule has 3 heterocycles. The minimum absolute atomic E-state index is 0.626. The van der Waals surface area contributed by atoms with E-state index in [4.69, 9.17) is 19.9 Å². The van der Waals surface area contributed by atoms with Crippen LogP contribution < -0.4 is 0 Å². The third-order valence-corrected chi connectivity index (χ3v) is 10.8. The molecule has 0 radical (unpaired) electrons. The summed E-state index contributed by atoms with van der Waals surface area (Å²) >= 11 is 0. The number of hydrogen-bond donors (Lipinski definition) is 0. The fraction of sp³-hybridized carbons (Fsp3) is 0. The predicted molar refractivity (Wildman–Crippen MR) is 234 cm³/mol. The molecule has 0 atom stereocenters. The summed E-state index contributed by atoms with van der Waals surface area (Å²) in [6.07, 6.45) is 0. The molecular formula is C52H33N5. The number of para-hydroxylation sites is 2. The van der Waals surface area contributed by atoms with Gasteiger partial charge in [0.1, 0.15) is 0 Å². The van der Waals surface area contributed by atoms with Gasteiger partial charge in [-0.3, -0.25) is 0 Å². The lowest BCUT2D eigenvalue weighted by Gasteiger charge is -2.14. The van der Waals surface area contributed by atoms with Crippen LogP contribution in [0, 0.1) is 0 Å². The molecular weight excluding hydrogens is 695 g/mol. The second-order valence-corrected chi connectivity index (χ2v) is 14.3. The van der Waals surface area contributed by atoms with Crippen LogP contribution in [-0.2, 0) is 0 Å². The molecule has 3 aromatic heterocycles. The van der Waals surface area contributed by atoms with E-state index in [2.05, 4.69) is 144 Å². The van der Waals surface area contributed by atoms with Crippen LogP contribution in [0.25, 0.3) is 106 Å². The second kappa shape index (κ2) is 13.5. The van der Waals surface area contributed by atoms with E-state index in [1.54, 1.807) is 0 Å². The number of aromatic nitrogens is 5. The molecule has 0 bridgehead atoms. The van der Waals surface area contributed by atoms with Crippen LogP contribution >= 0.6 is 0 Å². The molecule has 0 aliphatic rings. The van der Waals surface area contributed by atoms with E-state index in [0.717, 1.165) is 72.0 Å². The lowest BCUT2D eigenvalue weighted by atomic mass is 9.95. The Morgan fingerprint density at radius 1 is 0.281 bits per heavy atom. The molecule has 266 valence electrons. The number of benzene rings is 8. The quantitative estimate of drug-likeness (QED) is 0.160. The third kappa shape index (κ3) is 5.72. The lowest BCUT2D eigenvalue weighted by Crippen LogP contribution is -2.00. The molecule has 0 spiro atoms. The molecule has 5 nitrogen and oxygen atoms in total. The first-order valence-electron chi connectivity index (χ1n) is 19.1. The standard InChI is InChI=1S/C52H33N5/c1-5-16-34(17-6-1)49-45-32-44-41-26-13-14-27-47(41)57(40-24-11-4-12-25-40)48(44)33-42(45)43-31-38(28-29-46(43)53-49)37-22-15-23-39(30-37)52-55-50(35-18-7-2-8-19-35)54-51(56-52)36-20-9-3-10-21-36/h1-33H. The van der Waals surface area contributed by atoms with Crippen molar-refractivity contribution in [2.75, 3.05) is 0 Å². The van der Waals surface area contributed by atoms with E-state index in [0.29, 0.717) is 17.5 Å². The van der Waals surface area contributed by atoms with Crippen LogP contribution in [0.5, 0.6) is 0 Å². The second-order valence-electron chi connectivity index (χ2n) is 14.3. The van der Waals surface area contributed by atoms with Gasteiger partial charge in [0, 0.05) is 49.5 Å². The van der Waals surface area contributed by atoms with Crippen molar-refractivity contribution in [2.24, 2.45) is 0 Å². The van der Waals surface area contributed by atoms with Crippen LogP contribution in [0.3, 0.4) is 0 Å². The van der Waals surface area contributed by atoms with Crippen LogP contribution in [0.15, 0.2) is 200 Å². The summed E-state index contributed by atoms with van der Waals surface area (Å²) in [5.74, 6) is 1.91. The molecule has 8 aromatic carbocycles. The van der Waals surface area contributed by atoms with Crippen LogP contribution in [0.2, 0.25) is 0 Å². The van der Waals surface area contributed by atoms with Crippen molar-refractivity contribution in [1.82, 2.24) is 24.5 Å². The highest BCUT2D eigenvalue weighted by molar-refractivity contribution is 6.20. The average molecular weight is 728 g/mol. The van der Waals surface area contributed by atoms with Gasteiger partial charge in [0.05, 0.1) is 22.2 Å². The maximum atomic E-state index is 5.37. The minimum Gasteiger partial charge on any atom is -0.309 e. The summed E-state index contributed by atoms with van der Waals surface area (Å²) in [5, 5.41) is 5.78. The Hall–Kier alpha value is -7.76. The van der Waals surface area contributed by atoms with Gasteiger partial charge in [-0.05, 0) is 65.0 Å². The zero-order valence-corrected chi connectivity index (χ0v) is 30.8. The van der Waals surface area contributed by atoms with E-state index in [-0.39, 0.29) is 0 Å². The molecule has 0 N–H and O–H groups in total. The number of nitrogens with zero attached hydrogens (tertiary/aromatic N) is 5. The summed E-state index contributed by atoms with van der Waals surface area (Å²) in [5.41, 5.74) is 11.4. The van der Waals surface area contributed by atoms with Crippen molar-refractivity contribution in [3.8, 4) is 62.2 Å². The first kappa shape index (κ1) is 32.7. The van der Waals surface area contributed by atoms with Crippen molar-refractivity contribution in [1.29, 1.82) is 0 Å². The third-order valence-electron chi connectivity index (χ3n) is 10.8. The first-order chi connectivity index (χ1) is 28.2. The summed E-state index contributed by atoms with van der Waals surface area (Å²) in [6.45, 7) is 0. The Morgan fingerprint density at radius 3 is 1.51 bits per heavy atom. The number of fused-ring (bicyclic) bond motifs is 6. The van der Waals surface area contributed by atoms with Crippen molar-refractivity contribution < 1.29 is 0 Å². The van der Waals surface area contributed by atoms with E-state index >= 15 is 0 Å².